The van der Waals surface area contributed by atoms with Crippen LogP contribution < -0.4 is 10.9 Å². The third-order valence-corrected chi connectivity index (χ3v) is 6.01. The van der Waals surface area contributed by atoms with Crippen molar-refractivity contribution >= 4 is 34.4 Å². The summed E-state index contributed by atoms with van der Waals surface area (Å²) < 4.78 is 14.7. The van der Waals surface area contributed by atoms with E-state index in [1.165, 1.54) is 36.0 Å². The van der Waals surface area contributed by atoms with Crippen LogP contribution in [0.4, 0.5) is 10.1 Å². The molecule has 1 amide bonds. The minimum Gasteiger partial charge on any atom is -0.355 e. The van der Waals surface area contributed by atoms with Crippen LogP contribution in [0.2, 0.25) is 0 Å². The molecule has 8 heteroatoms. The maximum absolute atomic E-state index is 13.2. The van der Waals surface area contributed by atoms with E-state index >= 15 is 0 Å². The van der Waals surface area contributed by atoms with Crippen molar-refractivity contribution in [3.8, 4) is 11.1 Å². The summed E-state index contributed by atoms with van der Waals surface area (Å²) in [6, 6.07) is 15.3. The first kappa shape index (κ1) is 21.8. The van der Waals surface area contributed by atoms with Gasteiger partial charge in [-0.15, -0.1) is 0 Å². The molecule has 0 aliphatic carbocycles. The van der Waals surface area contributed by atoms with E-state index in [2.05, 4.69) is 17.2 Å². The Kier molecular flexibility index (Phi) is 6.70. The van der Waals surface area contributed by atoms with Gasteiger partial charge in [0.2, 0.25) is 5.91 Å². The Balaban J connectivity index is 1.64. The Bertz CT molecular complexity index is 1280. The highest BCUT2D eigenvalue weighted by atomic mass is 32.2. The SMILES string of the molecule is CCCCn1c(SCC(=O)Nc2ccc(F)cc2)nc2c(-c3ccccc3)c[nH]c2c1=O. The number of halogens is 1. The van der Waals surface area contributed by atoms with Gasteiger partial charge in [0.15, 0.2) is 5.16 Å². The summed E-state index contributed by atoms with van der Waals surface area (Å²) in [5.74, 6) is -0.544. The van der Waals surface area contributed by atoms with Gasteiger partial charge in [-0.3, -0.25) is 14.2 Å². The normalized spacial score (nSPS) is 11.1. The number of rotatable bonds is 8. The molecule has 0 bridgehead atoms. The highest BCUT2D eigenvalue weighted by Crippen LogP contribution is 2.28. The number of aromatic nitrogens is 3. The molecule has 4 rings (SSSR count). The zero-order valence-electron chi connectivity index (χ0n) is 17.6. The van der Waals surface area contributed by atoms with Crippen LogP contribution in [0.3, 0.4) is 0 Å². The molecule has 2 heterocycles. The molecule has 4 aromatic rings. The molecule has 164 valence electrons. The van der Waals surface area contributed by atoms with Gasteiger partial charge in [-0.25, -0.2) is 9.37 Å². The molecule has 0 radical (unpaired) electrons. The van der Waals surface area contributed by atoms with Crippen LogP contribution in [0.25, 0.3) is 22.2 Å². The fraction of sp³-hybridized carbons (Fsp3) is 0.208. The number of nitrogens with one attached hydrogen (secondary N) is 2. The van der Waals surface area contributed by atoms with Gasteiger partial charge < -0.3 is 10.3 Å². The molecule has 0 saturated heterocycles. The summed E-state index contributed by atoms with van der Waals surface area (Å²) in [6.07, 6.45) is 3.56. The molecule has 32 heavy (non-hydrogen) atoms. The summed E-state index contributed by atoms with van der Waals surface area (Å²) in [6.45, 7) is 2.59. The predicted molar refractivity (Wildman–Crippen MR) is 126 cm³/mol. The van der Waals surface area contributed by atoms with Crippen LogP contribution in [0.5, 0.6) is 0 Å². The average molecular weight is 451 g/mol. The number of fused-ring (bicyclic) bond motifs is 1. The Labute approximate surface area is 188 Å². The van der Waals surface area contributed by atoms with Gasteiger partial charge in [-0.1, -0.05) is 55.4 Å². The van der Waals surface area contributed by atoms with E-state index in [1.54, 1.807) is 10.8 Å². The minimum absolute atomic E-state index is 0.0759. The van der Waals surface area contributed by atoms with E-state index in [-0.39, 0.29) is 23.0 Å². The number of nitrogens with zero attached hydrogens (tertiary/aromatic N) is 2. The zero-order chi connectivity index (χ0) is 22.5. The number of amides is 1. The average Bonchev–Trinajstić information content (AvgIpc) is 3.23. The predicted octanol–water partition coefficient (Wildman–Crippen LogP) is 5.06. The first-order chi connectivity index (χ1) is 15.6. The van der Waals surface area contributed by atoms with Crippen molar-refractivity contribution < 1.29 is 9.18 Å². The maximum Gasteiger partial charge on any atom is 0.278 e. The van der Waals surface area contributed by atoms with Crippen LogP contribution in [0, 0.1) is 5.82 Å². The van der Waals surface area contributed by atoms with Crippen molar-refractivity contribution in [3.63, 3.8) is 0 Å². The topological polar surface area (TPSA) is 79.8 Å². The second kappa shape index (κ2) is 9.82. The molecule has 0 aliphatic rings. The lowest BCUT2D eigenvalue weighted by Crippen LogP contribution is -2.24. The third kappa shape index (κ3) is 4.75. The van der Waals surface area contributed by atoms with Crippen LogP contribution >= 0.6 is 11.8 Å². The first-order valence-corrected chi connectivity index (χ1v) is 11.4. The summed E-state index contributed by atoms with van der Waals surface area (Å²) in [7, 11) is 0. The van der Waals surface area contributed by atoms with Gasteiger partial charge in [-0.2, -0.15) is 0 Å². The van der Waals surface area contributed by atoms with Gasteiger partial charge in [-0.05, 0) is 36.2 Å². The highest BCUT2D eigenvalue weighted by molar-refractivity contribution is 7.99. The maximum atomic E-state index is 13.2. The summed E-state index contributed by atoms with van der Waals surface area (Å²) in [5, 5.41) is 3.24. The molecule has 0 atom stereocenters. The standard InChI is InChI=1S/C24H23FN4O2S/c1-2-3-13-29-23(31)22-21(19(14-26-22)16-7-5-4-6-8-16)28-24(29)32-15-20(30)27-18-11-9-17(25)10-12-18/h4-12,14,26H,2-3,13,15H2,1H3,(H,27,30). The van der Waals surface area contributed by atoms with Gasteiger partial charge in [0.25, 0.3) is 5.56 Å². The smallest absolute Gasteiger partial charge is 0.278 e. The van der Waals surface area contributed by atoms with Crippen molar-refractivity contribution in [3.05, 3.63) is 77.0 Å². The number of H-pyrrole nitrogens is 1. The number of carbonyl (C=O) groups is 1. The number of hydrogen-bond acceptors (Lipinski definition) is 4. The molecule has 2 aromatic carbocycles. The van der Waals surface area contributed by atoms with Gasteiger partial charge >= 0.3 is 0 Å². The molecule has 0 aliphatic heterocycles. The van der Waals surface area contributed by atoms with Crippen LogP contribution in [-0.2, 0) is 11.3 Å². The number of unbranched alkanes of at least 4 members (excludes halogenated alkanes) is 1. The molecular weight excluding hydrogens is 427 g/mol. The quantitative estimate of drug-likeness (QED) is 0.290. The summed E-state index contributed by atoms with van der Waals surface area (Å²) in [5.41, 5.74) is 3.23. The van der Waals surface area contributed by atoms with Gasteiger partial charge in [0.1, 0.15) is 16.9 Å². The Hall–Kier alpha value is -3.39. The number of thioether (sulfide) groups is 1. The molecule has 0 fully saturated rings. The van der Waals surface area contributed by atoms with Crippen LogP contribution in [0.1, 0.15) is 19.8 Å². The van der Waals surface area contributed by atoms with Crippen molar-refractivity contribution in [2.24, 2.45) is 0 Å². The van der Waals surface area contributed by atoms with Crippen LogP contribution in [-0.4, -0.2) is 26.2 Å². The first-order valence-electron chi connectivity index (χ1n) is 10.4. The van der Waals surface area contributed by atoms with Gasteiger partial charge in [0.05, 0.1) is 5.75 Å². The Morgan fingerprint density at radius 2 is 1.91 bits per heavy atom. The molecule has 0 saturated carbocycles. The number of hydrogen-bond donors (Lipinski definition) is 2. The van der Waals surface area contributed by atoms with E-state index < -0.39 is 0 Å². The second-order valence-electron chi connectivity index (χ2n) is 7.34. The molecule has 2 N–H and O–H groups in total. The number of benzene rings is 2. The lowest BCUT2D eigenvalue weighted by molar-refractivity contribution is -0.113. The molecule has 0 unspecified atom stereocenters. The number of aromatic amines is 1. The second-order valence-corrected chi connectivity index (χ2v) is 8.28. The monoisotopic (exact) mass is 450 g/mol. The van der Waals surface area contributed by atoms with Gasteiger partial charge in [0, 0.05) is 24.0 Å². The van der Waals surface area contributed by atoms with E-state index in [4.69, 9.17) is 4.98 Å². The van der Waals surface area contributed by atoms with E-state index in [0.29, 0.717) is 28.4 Å². The van der Waals surface area contributed by atoms with Crippen molar-refractivity contribution in [1.82, 2.24) is 14.5 Å². The van der Waals surface area contributed by atoms with Crippen LogP contribution in [0.15, 0.2) is 70.7 Å². The van der Waals surface area contributed by atoms with Crippen molar-refractivity contribution in [2.45, 2.75) is 31.5 Å². The Morgan fingerprint density at radius 3 is 2.62 bits per heavy atom. The highest BCUT2D eigenvalue weighted by Gasteiger charge is 2.17. The van der Waals surface area contributed by atoms with Crippen molar-refractivity contribution in [2.75, 3.05) is 11.1 Å². The molecule has 2 aromatic heterocycles. The summed E-state index contributed by atoms with van der Waals surface area (Å²) >= 11 is 1.22. The number of carbonyl (C=O) groups excluding carboxylic acids is 1. The van der Waals surface area contributed by atoms with E-state index in [1.807, 2.05) is 30.3 Å². The fourth-order valence-electron chi connectivity index (χ4n) is 3.39. The molecule has 0 spiro atoms. The van der Waals surface area contributed by atoms with Crippen molar-refractivity contribution in [1.29, 1.82) is 0 Å². The molecule has 6 nitrogen and oxygen atoms in total. The van der Waals surface area contributed by atoms with E-state index in [0.717, 1.165) is 24.0 Å². The Morgan fingerprint density at radius 1 is 1.16 bits per heavy atom. The zero-order valence-corrected chi connectivity index (χ0v) is 18.4. The third-order valence-electron chi connectivity index (χ3n) is 5.03. The largest absolute Gasteiger partial charge is 0.355 e. The summed E-state index contributed by atoms with van der Waals surface area (Å²) in [4.78, 5) is 33.5. The fourth-order valence-corrected chi connectivity index (χ4v) is 4.21. The lowest BCUT2D eigenvalue weighted by atomic mass is 10.1. The minimum atomic E-state index is -0.365. The number of anilines is 1. The lowest BCUT2D eigenvalue weighted by Gasteiger charge is -2.12. The van der Waals surface area contributed by atoms with E-state index in [9.17, 15) is 14.0 Å². The molecular formula is C24H23FN4O2S.